The Kier molecular flexibility index (Phi) is 6.88. The van der Waals surface area contributed by atoms with Gasteiger partial charge in [0.05, 0.1) is 0 Å². The molecule has 0 aromatic rings. The monoisotopic (exact) mass is 500 g/mol. The molecule has 0 saturated heterocycles. The number of fused-ring (bicyclic) bond motifs is 1. The quantitative estimate of drug-likeness (QED) is 0.293. The second-order valence-electron chi connectivity index (χ2n) is 10.6. The van der Waals surface area contributed by atoms with E-state index >= 15 is 0 Å². The van der Waals surface area contributed by atoms with Crippen LogP contribution in [0, 0.1) is 22.7 Å². The van der Waals surface area contributed by atoms with Crippen molar-refractivity contribution in [3.8, 4) is 0 Å². The molecule has 0 amide bonds. The fourth-order valence-corrected chi connectivity index (χ4v) is 6.89. The number of rotatable bonds is 8. The smallest absolute Gasteiger partial charge is 0.179 e. The molecule has 0 radical (unpaired) electrons. The first-order chi connectivity index (χ1) is 16.6. The van der Waals surface area contributed by atoms with E-state index in [0.29, 0.717) is 6.42 Å². The van der Waals surface area contributed by atoms with Crippen molar-refractivity contribution in [2.75, 3.05) is 0 Å². The van der Waals surface area contributed by atoms with Gasteiger partial charge < -0.3 is 20.4 Å². The van der Waals surface area contributed by atoms with Crippen LogP contribution in [0.1, 0.15) is 67.2 Å². The summed E-state index contributed by atoms with van der Waals surface area (Å²) in [5.74, 6) is -7.73. The molecular weight excluding hydrogens is 464 g/mol. The van der Waals surface area contributed by atoms with E-state index < -0.39 is 68.5 Å². The molecule has 6 atom stereocenters. The maximum absolute atomic E-state index is 14.0. The summed E-state index contributed by atoms with van der Waals surface area (Å²) in [5, 5.41) is 45.6. The van der Waals surface area contributed by atoms with Gasteiger partial charge in [-0.25, -0.2) is 0 Å². The number of allylic oxidation sites excluding steroid dienone is 6. The standard InChI is InChI=1S/C28H36O8/c1-7-9-11-13-16(29)18-19-20-27(6,36)21(31)15(3)22(32)28(20,17(30)14-12-10-8-2)25(4,23(18)33)24(34)26(19,5)35/h7-10,19-20,31,33,35-36H,11-14H2,1-6H3/b9-7+,10-8+/t19?,20?,25-,26+,27?,28-/m1/s1. The first-order valence-corrected chi connectivity index (χ1v) is 12.3. The van der Waals surface area contributed by atoms with Crippen LogP contribution in [0.4, 0.5) is 0 Å². The van der Waals surface area contributed by atoms with Gasteiger partial charge in [0.15, 0.2) is 17.3 Å². The number of aliphatic hydroxyl groups is 4. The second kappa shape index (κ2) is 8.92. The lowest BCUT2D eigenvalue weighted by atomic mass is 9.33. The number of aliphatic hydroxyl groups excluding tert-OH is 2. The lowest BCUT2D eigenvalue weighted by Gasteiger charge is -2.67. The number of hydrogen-bond donors (Lipinski definition) is 4. The summed E-state index contributed by atoms with van der Waals surface area (Å²) < 4.78 is 0. The highest BCUT2D eigenvalue weighted by molar-refractivity contribution is 6.23. The Morgan fingerprint density at radius 1 is 0.889 bits per heavy atom. The van der Waals surface area contributed by atoms with Crippen LogP contribution >= 0.6 is 0 Å². The van der Waals surface area contributed by atoms with Crippen molar-refractivity contribution in [1.82, 2.24) is 0 Å². The van der Waals surface area contributed by atoms with Crippen LogP contribution in [0.3, 0.4) is 0 Å². The zero-order valence-corrected chi connectivity index (χ0v) is 21.7. The minimum absolute atomic E-state index is 0.0630. The Morgan fingerprint density at radius 3 is 1.94 bits per heavy atom. The highest BCUT2D eigenvalue weighted by Crippen LogP contribution is 2.71. The van der Waals surface area contributed by atoms with Crippen LogP contribution < -0.4 is 0 Å². The predicted octanol–water partition coefficient (Wildman–Crippen LogP) is 3.39. The molecule has 1 saturated carbocycles. The lowest BCUT2D eigenvalue weighted by Crippen LogP contribution is -2.80. The molecule has 36 heavy (non-hydrogen) atoms. The van der Waals surface area contributed by atoms with E-state index in [1.807, 2.05) is 0 Å². The molecule has 1 fully saturated rings. The molecule has 0 aromatic carbocycles. The van der Waals surface area contributed by atoms with Crippen LogP contribution in [-0.4, -0.2) is 54.8 Å². The third-order valence-corrected chi connectivity index (χ3v) is 8.57. The van der Waals surface area contributed by atoms with E-state index in [4.69, 9.17) is 0 Å². The molecule has 4 aliphatic rings. The van der Waals surface area contributed by atoms with E-state index in [1.54, 1.807) is 38.2 Å². The highest BCUT2D eigenvalue weighted by atomic mass is 16.3. The van der Waals surface area contributed by atoms with Gasteiger partial charge in [0.2, 0.25) is 0 Å². The van der Waals surface area contributed by atoms with Crippen LogP contribution in [0.15, 0.2) is 47.0 Å². The Balaban J connectivity index is 2.45. The zero-order valence-electron chi connectivity index (χ0n) is 21.7. The number of carbonyl (C=O) groups is 4. The minimum Gasteiger partial charge on any atom is -0.511 e. The van der Waals surface area contributed by atoms with Crippen LogP contribution in [0.25, 0.3) is 0 Å². The summed E-state index contributed by atoms with van der Waals surface area (Å²) in [7, 11) is 0. The molecule has 8 nitrogen and oxygen atoms in total. The van der Waals surface area contributed by atoms with Gasteiger partial charge in [-0.3, -0.25) is 19.2 Å². The molecule has 3 unspecified atom stereocenters. The van der Waals surface area contributed by atoms with Gasteiger partial charge in [-0.2, -0.15) is 0 Å². The van der Waals surface area contributed by atoms with Crippen molar-refractivity contribution >= 4 is 23.1 Å². The summed E-state index contributed by atoms with van der Waals surface area (Å²) in [6.07, 6.45) is 7.24. The molecule has 4 N–H and O–H groups in total. The van der Waals surface area contributed by atoms with Crippen molar-refractivity contribution < 1.29 is 39.6 Å². The first kappa shape index (κ1) is 27.7. The Morgan fingerprint density at radius 2 is 1.42 bits per heavy atom. The lowest BCUT2D eigenvalue weighted by molar-refractivity contribution is -0.221. The molecule has 4 aliphatic carbocycles. The van der Waals surface area contributed by atoms with E-state index in [1.165, 1.54) is 27.7 Å². The second-order valence-corrected chi connectivity index (χ2v) is 10.6. The SMILES string of the molecule is C/C=C/CCC(=O)C1=C(O)[C@]2(C)C(=O)[C@@](C)(O)C1C1C(C)(O)C(O)=C(C)C(=O)[C@@]12C(=O)CC/C=C/C. The summed E-state index contributed by atoms with van der Waals surface area (Å²) in [4.78, 5) is 55.3. The summed E-state index contributed by atoms with van der Waals surface area (Å²) >= 11 is 0. The topological polar surface area (TPSA) is 149 Å². The number of hydrogen-bond acceptors (Lipinski definition) is 8. The summed E-state index contributed by atoms with van der Waals surface area (Å²) in [6, 6.07) is 0. The van der Waals surface area contributed by atoms with Crippen LogP contribution in [0.2, 0.25) is 0 Å². The maximum Gasteiger partial charge on any atom is 0.179 e. The molecule has 196 valence electrons. The minimum atomic E-state index is -2.34. The fraction of sp³-hybridized carbons (Fsp3) is 0.571. The third kappa shape index (κ3) is 3.20. The largest absolute Gasteiger partial charge is 0.511 e. The molecule has 0 heterocycles. The van der Waals surface area contributed by atoms with Crippen molar-refractivity contribution in [2.24, 2.45) is 22.7 Å². The molecule has 8 heteroatoms. The maximum atomic E-state index is 14.0. The zero-order chi connectivity index (χ0) is 27.4. The average Bonchev–Trinajstić information content (AvgIpc) is 2.81. The Labute approximate surface area is 211 Å². The van der Waals surface area contributed by atoms with Crippen LogP contribution in [0.5, 0.6) is 0 Å². The van der Waals surface area contributed by atoms with Crippen molar-refractivity contribution in [2.45, 2.75) is 78.4 Å². The Bertz CT molecular complexity index is 1150. The van der Waals surface area contributed by atoms with Gasteiger partial charge in [-0.05, 0) is 54.4 Å². The van der Waals surface area contributed by atoms with Gasteiger partial charge in [-0.15, -0.1) is 0 Å². The van der Waals surface area contributed by atoms with Gasteiger partial charge in [0.25, 0.3) is 0 Å². The molecule has 4 rings (SSSR count). The summed E-state index contributed by atoms with van der Waals surface area (Å²) in [6.45, 7) is 8.36. The van der Waals surface area contributed by atoms with Gasteiger partial charge >= 0.3 is 0 Å². The predicted molar refractivity (Wildman–Crippen MR) is 132 cm³/mol. The van der Waals surface area contributed by atoms with E-state index in [9.17, 15) is 39.6 Å². The van der Waals surface area contributed by atoms with Crippen molar-refractivity contribution in [3.63, 3.8) is 0 Å². The molecule has 2 bridgehead atoms. The highest BCUT2D eigenvalue weighted by Gasteiger charge is 2.84. The number of carbonyl (C=O) groups excluding carboxylic acids is 4. The number of Topliss-reactive ketones (excluding diaryl/α,β-unsaturated/α-hetero) is 4. The van der Waals surface area contributed by atoms with Gasteiger partial charge in [0, 0.05) is 35.8 Å². The van der Waals surface area contributed by atoms with Gasteiger partial charge in [-0.1, -0.05) is 24.3 Å². The molecule has 0 aliphatic heterocycles. The summed E-state index contributed by atoms with van der Waals surface area (Å²) in [5.41, 5.74) is -9.81. The number of ketones is 4. The molecular formula is C28H36O8. The molecule has 0 spiro atoms. The van der Waals surface area contributed by atoms with Crippen molar-refractivity contribution in [1.29, 1.82) is 0 Å². The Hall–Kier alpha value is -2.84. The average molecular weight is 501 g/mol. The van der Waals surface area contributed by atoms with E-state index in [0.717, 1.165) is 0 Å². The van der Waals surface area contributed by atoms with E-state index in [2.05, 4.69) is 0 Å². The first-order valence-electron chi connectivity index (χ1n) is 12.3. The fourth-order valence-electron chi connectivity index (χ4n) is 6.89. The van der Waals surface area contributed by atoms with Crippen LogP contribution in [-0.2, 0) is 19.2 Å². The normalized spacial score (nSPS) is 38.4. The third-order valence-electron chi connectivity index (χ3n) is 8.57. The van der Waals surface area contributed by atoms with E-state index in [-0.39, 0.29) is 30.4 Å². The van der Waals surface area contributed by atoms with Gasteiger partial charge in [0.1, 0.15) is 39.3 Å². The molecule has 0 aromatic heterocycles. The van der Waals surface area contributed by atoms with Crippen molar-refractivity contribution in [3.05, 3.63) is 47.0 Å².